The van der Waals surface area contributed by atoms with Crippen LogP contribution in [-0.4, -0.2) is 33.8 Å². The SMILES string of the molecule is Cc1nn(C)c2cc(NCc3ncc(CN(C)C)s3)ccc12. The van der Waals surface area contributed by atoms with Crippen LogP contribution in [0.4, 0.5) is 5.69 Å². The molecule has 116 valence electrons. The molecule has 0 bridgehead atoms. The maximum atomic E-state index is 4.48. The van der Waals surface area contributed by atoms with Crippen molar-refractivity contribution in [2.24, 2.45) is 7.05 Å². The van der Waals surface area contributed by atoms with Crippen molar-refractivity contribution < 1.29 is 0 Å². The van der Waals surface area contributed by atoms with Crippen molar-refractivity contribution in [2.75, 3.05) is 19.4 Å². The van der Waals surface area contributed by atoms with Crippen LogP contribution < -0.4 is 5.32 Å². The topological polar surface area (TPSA) is 46.0 Å². The summed E-state index contributed by atoms with van der Waals surface area (Å²) in [7, 11) is 6.12. The zero-order valence-electron chi connectivity index (χ0n) is 13.4. The number of hydrogen-bond acceptors (Lipinski definition) is 5. The first-order valence-electron chi connectivity index (χ1n) is 7.28. The number of aryl methyl sites for hydroxylation is 2. The molecule has 1 N–H and O–H groups in total. The molecule has 2 heterocycles. The molecule has 2 aromatic heterocycles. The molecule has 0 aliphatic carbocycles. The van der Waals surface area contributed by atoms with Crippen molar-refractivity contribution >= 4 is 27.9 Å². The Balaban J connectivity index is 1.71. The molecule has 0 saturated carbocycles. The number of anilines is 1. The summed E-state index contributed by atoms with van der Waals surface area (Å²) in [5.74, 6) is 0. The van der Waals surface area contributed by atoms with Gasteiger partial charge in [0.1, 0.15) is 5.01 Å². The summed E-state index contributed by atoms with van der Waals surface area (Å²) in [6, 6.07) is 6.37. The number of nitrogens with one attached hydrogen (secondary N) is 1. The molecule has 0 aliphatic heterocycles. The van der Waals surface area contributed by atoms with E-state index in [0.29, 0.717) is 0 Å². The van der Waals surface area contributed by atoms with E-state index in [2.05, 4.69) is 52.6 Å². The molecule has 3 rings (SSSR count). The summed E-state index contributed by atoms with van der Waals surface area (Å²) in [5, 5.41) is 10.2. The molecule has 0 saturated heterocycles. The maximum Gasteiger partial charge on any atom is 0.112 e. The van der Waals surface area contributed by atoms with Crippen LogP contribution >= 0.6 is 11.3 Å². The molecular weight excluding hydrogens is 294 g/mol. The maximum absolute atomic E-state index is 4.48. The van der Waals surface area contributed by atoms with E-state index >= 15 is 0 Å². The lowest BCUT2D eigenvalue weighted by Gasteiger charge is -2.06. The lowest BCUT2D eigenvalue weighted by molar-refractivity contribution is 0.406. The fourth-order valence-corrected chi connectivity index (χ4v) is 3.52. The Morgan fingerprint density at radius 2 is 2.14 bits per heavy atom. The highest BCUT2D eigenvalue weighted by atomic mass is 32.1. The summed E-state index contributed by atoms with van der Waals surface area (Å²) in [4.78, 5) is 7.93. The van der Waals surface area contributed by atoms with E-state index in [-0.39, 0.29) is 0 Å². The molecule has 0 amide bonds. The molecule has 5 nitrogen and oxygen atoms in total. The zero-order valence-corrected chi connectivity index (χ0v) is 14.2. The van der Waals surface area contributed by atoms with Crippen molar-refractivity contribution in [3.05, 3.63) is 40.0 Å². The van der Waals surface area contributed by atoms with Gasteiger partial charge in [-0.2, -0.15) is 5.10 Å². The van der Waals surface area contributed by atoms with Crippen LogP contribution in [0.5, 0.6) is 0 Å². The Morgan fingerprint density at radius 3 is 2.91 bits per heavy atom. The molecule has 0 unspecified atom stereocenters. The number of hydrogen-bond donors (Lipinski definition) is 1. The highest BCUT2D eigenvalue weighted by Crippen LogP contribution is 2.22. The minimum atomic E-state index is 0.750. The van der Waals surface area contributed by atoms with E-state index in [0.717, 1.165) is 35.0 Å². The molecule has 1 aromatic carbocycles. The van der Waals surface area contributed by atoms with Gasteiger partial charge in [0, 0.05) is 35.7 Å². The quantitative estimate of drug-likeness (QED) is 0.786. The van der Waals surface area contributed by atoms with Crippen molar-refractivity contribution in [3.63, 3.8) is 0 Å². The molecule has 0 aliphatic rings. The highest BCUT2D eigenvalue weighted by Gasteiger charge is 2.07. The monoisotopic (exact) mass is 315 g/mol. The summed E-state index contributed by atoms with van der Waals surface area (Å²) >= 11 is 1.76. The first-order valence-corrected chi connectivity index (χ1v) is 8.10. The summed E-state index contributed by atoms with van der Waals surface area (Å²) in [6.45, 7) is 3.73. The Hall–Kier alpha value is -1.92. The van der Waals surface area contributed by atoms with Crippen LogP contribution in [-0.2, 0) is 20.1 Å². The van der Waals surface area contributed by atoms with E-state index in [4.69, 9.17) is 0 Å². The van der Waals surface area contributed by atoms with Crippen molar-refractivity contribution in [1.82, 2.24) is 19.7 Å². The minimum Gasteiger partial charge on any atom is -0.378 e. The fraction of sp³-hybridized carbons (Fsp3) is 0.375. The predicted molar refractivity (Wildman–Crippen MR) is 92.3 cm³/mol. The molecule has 3 aromatic rings. The van der Waals surface area contributed by atoms with E-state index < -0.39 is 0 Å². The number of rotatable bonds is 5. The standard InChI is InChI=1S/C16H21N5S/c1-11-14-6-5-12(7-15(14)21(4)19-11)17-9-16-18-8-13(22-16)10-20(2)3/h5-8,17H,9-10H2,1-4H3. The third-order valence-corrected chi connectivity index (χ3v) is 4.54. The second-order valence-corrected chi connectivity index (χ2v) is 6.95. The second kappa shape index (κ2) is 6.06. The van der Waals surface area contributed by atoms with Crippen LogP contribution in [0.25, 0.3) is 10.9 Å². The van der Waals surface area contributed by atoms with E-state index in [1.165, 1.54) is 10.3 Å². The van der Waals surface area contributed by atoms with Gasteiger partial charge in [-0.05, 0) is 39.2 Å². The molecule has 0 spiro atoms. The summed E-state index contributed by atoms with van der Waals surface area (Å²) in [5.41, 5.74) is 3.31. The lowest BCUT2D eigenvalue weighted by atomic mass is 10.2. The van der Waals surface area contributed by atoms with Crippen LogP contribution in [0, 0.1) is 6.92 Å². The van der Waals surface area contributed by atoms with Gasteiger partial charge in [0.25, 0.3) is 0 Å². The van der Waals surface area contributed by atoms with Gasteiger partial charge in [-0.1, -0.05) is 0 Å². The Bertz CT molecular complexity index is 787. The van der Waals surface area contributed by atoms with E-state index in [1.807, 2.05) is 24.9 Å². The average molecular weight is 315 g/mol. The molecule has 0 radical (unpaired) electrons. The van der Waals surface area contributed by atoms with Gasteiger partial charge in [-0.25, -0.2) is 4.98 Å². The van der Waals surface area contributed by atoms with Crippen LogP contribution in [0.3, 0.4) is 0 Å². The average Bonchev–Trinajstić information content (AvgIpc) is 3.01. The normalized spacial score (nSPS) is 11.5. The number of aromatic nitrogens is 3. The van der Waals surface area contributed by atoms with Crippen molar-refractivity contribution in [3.8, 4) is 0 Å². The summed E-state index contributed by atoms with van der Waals surface area (Å²) in [6.07, 6.45) is 1.97. The highest BCUT2D eigenvalue weighted by molar-refractivity contribution is 7.11. The summed E-state index contributed by atoms with van der Waals surface area (Å²) < 4.78 is 1.93. The van der Waals surface area contributed by atoms with Crippen LogP contribution in [0.1, 0.15) is 15.6 Å². The molecule has 22 heavy (non-hydrogen) atoms. The van der Waals surface area contributed by atoms with Gasteiger partial charge in [0.05, 0.1) is 17.8 Å². The van der Waals surface area contributed by atoms with E-state index in [9.17, 15) is 0 Å². The van der Waals surface area contributed by atoms with Crippen LogP contribution in [0.15, 0.2) is 24.4 Å². The Kier molecular flexibility index (Phi) is 4.13. The van der Waals surface area contributed by atoms with Crippen molar-refractivity contribution in [2.45, 2.75) is 20.0 Å². The molecule has 0 fully saturated rings. The minimum absolute atomic E-state index is 0.750. The zero-order chi connectivity index (χ0) is 15.7. The molecule has 6 heteroatoms. The predicted octanol–water partition coefficient (Wildman–Crippen LogP) is 3.01. The van der Waals surface area contributed by atoms with Crippen LogP contribution in [0.2, 0.25) is 0 Å². The number of benzene rings is 1. The Morgan fingerprint density at radius 1 is 1.32 bits per heavy atom. The molecule has 0 atom stereocenters. The fourth-order valence-electron chi connectivity index (χ4n) is 2.54. The van der Waals surface area contributed by atoms with Gasteiger partial charge < -0.3 is 10.2 Å². The first-order chi connectivity index (χ1) is 10.5. The Labute approximate surface area is 134 Å². The lowest BCUT2D eigenvalue weighted by Crippen LogP contribution is -2.09. The molecular formula is C16H21N5S. The largest absolute Gasteiger partial charge is 0.378 e. The number of nitrogens with zero attached hydrogens (tertiary/aromatic N) is 4. The van der Waals surface area contributed by atoms with Gasteiger partial charge >= 0.3 is 0 Å². The van der Waals surface area contributed by atoms with Gasteiger partial charge in [0.2, 0.25) is 0 Å². The second-order valence-electron chi connectivity index (χ2n) is 5.75. The van der Waals surface area contributed by atoms with E-state index in [1.54, 1.807) is 11.3 Å². The van der Waals surface area contributed by atoms with Gasteiger partial charge in [-0.15, -0.1) is 11.3 Å². The van der Waals surface area contributed by atoms with Crippen molar-refractivity contribution in [1.29, 1.82) is 0 Å². The third kappa shape index (κ3) is 3.13. The van der Waals surface area contributed by atoms with Gasteiger partial charge in [-0.3, -0.25) is 4.68 Å². The smallest absolute Gasteiger partial charge is 0.112 e. The number of thiazole rings is 1. The third-order valence-electron chi connectivity index (χ3n) is 3.55. The number of fused-ring (bicyclic) bond motifs is 1. The first kappa shape index (κ1) is 15.0. The van der Waals surface area contributed by atoms with Gasteiger partial charge in [0.15, 0.2) is 0 Å².